The fourth-order valence-electron chi connectivity index (χ4n) is 4.05. The van der Waals surface area contributed by atoms with Crippen LogP contribution in [0.15, 0.2) is 35.5 Å². The molecule has 8 nitrogen and oxygen atoms in total. The van der Waals surface area contributed by atoms with Crippen LogP contribution in [0, 0.1) is 27.7 Å². The molecule has 0 spiro atoms. The minimum absolute atomic E-state index is 0.0644. The third-order valence-electron chi connectivity index (χ3n) is 5.65. The van der Waals surface area contributed by atoms with Gasteiger partial charge in [-0.1, -0.05) is 17.8 Å². The standard InChI is InChI=1S/C23H23N5O3S/c1-13-7-15(3)28-22(24-13)25-26-23(28)32-11-19(29)18-8-14(2)27(16(18)4)10-17-5-6-20-21(9-17)31-12-30-20/h5-9H,10-12H2,1-4H3. The van der Waals surface area contributed by atoms with Crippen LogP contribution in [0.2, 0.25) is 0 Å². The number of thioether (sulfide) groups is 1. The van der Waals surface area contributed by atoms with Crippen molar-refractivity contribution in [2.45, 2.75) is 39.4 Å². The molecule has 1 aromatic carbocycles. The van der Waals surface area contributed by atoms with Gasteiger partial charge in [0.15, 0.2) is 22.4 Å². The molecule has 0 bridgehead atoms. The number of rotatable bonds is 6. The van der Waals surface area contributed by atoms with Gasteiger partial charge in [0.1, 0.15) is 0 Å². The average molecular weight is 450 g/mol. The second-order valence-corrected chi connectivity index (χ2v) is 8.87. The Hall–Kier alpha value is -3.33. The summed E-state index contributed by atoms with van der Waals surface area (Å²) in [6.45, 7) is 8.84. The zero-order valence-corrected chi connectivity index (χ0v) is 19.2. The molecule has 0 amide bonds. The molecule has 0 unspecified atom stereocenters. The van der Waals surface area contributed by atoms with Gasteiger partial charge in [-0.05, 0) is 57.5 Å². The molecule has 4 heterocycles. The van der Waals surface area contributed by atoms with Crippen LogP contribution >= 0.6 is 11.8 Å². The molecule has 164 valence electrons. The molecule has 0 radical (unpaired) electrons. The minimum Gasteiger partial charge on any atom is -0.454 e. The number of Topliss-reactive ketones (excluding diaryl/α,β-unsaturated/α-hetero) is 1. The summed E-state index contributed by atoms with van der Waals surface area (Å²) in [6.07, 6.45) is 0. The van der Waals surface area contributed by atoms with Crippen molar-refractivity contribution in [3.63, 3.8) is 0 Å². The van der Waals surface area contributed by atoms with Crippen LogP contribution < -0.4 is 9.47 Å². The fraction of sp³-hybridized carbons (Fsp3) is 0.304. The van der Waals surface area contributed by atoms with E-state index in [0.29, 0.717) is 17.5 Å². The van der Waals surface area contributed by atoms with Crippen molar-refractivity contribution in [3.8, 4) is 11.5 Å². The topological polar surface area (TPSA) is 83.5 Å². The highest BCUT2D eigenvalue weighted by Crippen LogP contribution is 2.33. The molecule has 0 atom stereocenters. The van der Waals surface area contributed by atoms with Crippen molar-refractivity contribution in [1.29, 1.82) is 0 Å². The molecule has 0 fully saturated rings. The molecule has 0 saturated carbocycles. The summed E-state index contributed by atoms with van der Waals surface area (Å²) in [5.41, 5.74) is 5.70. The number of carbonyl (C=O) groups excluding carboxylic acids is 1. The lowest BCUT2D eigenvalue weighted by atomic mass is 10.1. The summed E-state index contributed by atoms with van der Waals surface area (Å²) in [5.74, 6) is 2.43. The molecule has 0 saturated heterocycles. The van der Waals surface area contributed by atoms with Crippen LogP contribution in [0.3, 0.4) is 0 Å². The van der Waals surface area contributed by atoms with E-state index in [1.165, 1.54) is 11.8 Å². The van der Waals surface area contributed by atoms with Crippen LogP contribution in [0.4, 0.5) is 0 Å². The number of fused-ring (bicyclic) bond motifs is 2. The lowest BCUT2D eigenvalue weighted by Gasteiger charge is -2.10. The van der Waals surface area contributed by atoms with Crippen molar-refractivity contribution in [3.05, 3.63) is 64.2 Å². The number of aryl methyl sites for hydroxylation is 3. The second-order valence-electron chi connectivity index (χ2n) is 7.93. The lowest BCUT2D eigenvalue weighted by Crippen LogP contribution is -2.08. The van der Waals surface area contributed by atoms with Crippen molar-refractivity contribution in [1.82, 2.24) is 24.1 Å². The molecule has 0 aliphatic carbocycles. The SMILES string of the molecule is Cc1cc(C)n2c(SCC(=O)c3cc(C)n(Cc4ccc5c(c4)OCO5)c3C)nnc2n1. The maximum absolute atomic E-state index is 13.1. The summed E-state index contributed by atoms with van der Waals surface area (Å²) >= 11 is 1.38. The summed E-state index contributed by atoms with van der Waals surface area (Å²) in [7, 11) is 0. The molecule has 32 heavy (non-hydrogen) atoms. The molecule has 1 aliphatic heterocycles. The average Bonchev–Trinajstić information content (AvgIpc) is 3.45. The second kappa shape index (κ2) is 7.98. The first-order chi connectivity index (χ1) is 15.4. The normalized spacial score (nSPS) is 12.6. The Morgan fingerprint density at radius 3 is 2.69 bits per heavy atom. The van der Waals surface area contributed by atoms with Crippen LogP contribution in [0.1, 0.15) is 38.7 Å². The van der Waals surface area contributed by atoms with E-state index in [-0.39, 0.29) is 18.3 Å². The van der Waals surface area contributed by atoms with Crippen LogP contribution in [-0.2, 0) is 6.54 Å². The highest BCUT2D eigenvalue weighted by Gasteiger charge is 2.19. The first-order valence-corrected chi connectivity index (χ1v) is 11.3. The smallest absolute Gasteiger partial charge is 0.256 e. The van der Waals surface area contributed by atoms with Gasteiger partial charge in [0.05, 0.1) is 5.75 Å². The van der Waals surface area contributed by atoms with Gasteiger partial charge in [-0.25, -0.2) is 4.98 Å². The summed E-state index contributed by atoms with van der Waals surface area (Å²) in [5, 5.41) is 9.04. The number of benzene rings is 1. The van der Waals surface area contributed by atoms with E-state index in [9.17, 15) is 4.79 Å². The Labute approximate surface area is 189 Å². The monoisotopic (exact) mass is 449 g/mol. The van der Waals surface area contributed by atoms with E-state index in [1.807, 2.05) is 62.4 Å². The van der Waals surface area contributed by atoms with Crippen molar-refractivity contribution in [2.75, 3.05) is 12.5 Å². The van der Waals surface area contributed by atoms with E-state index in [2.05, 4.69) is 19.7 Å². The first-order valence-electron chi connectivity index (χ1n) is 10.3. The number of hydrogen-bond donors (Lipinski definition) is 0. The molecular formula is C23H23N5O3S. The molecule has 3 aromatic heterocycles. The molecule has 9 heteroatoms. The van der Waals surface area contributed by atoms with Crippen molar-refractivity contribution < 1.29 is 14.3 Å². The molecule has 0 N–H and O–H groups in total. The Balaban J connectivity index is 1.34. The van der Waals surface area contributed by atoms with Crippen molar-refractivity contribution in [2.24, 2.45) is 0 Å². The van der Waals surface area contributed by atoms with Gasteiger partial charge >= 0.3 is 0 Å². The molecule has 1 aliphatic rings. The third kappa shape index (κ3) is 3.62. The van der Waals surface area contributed by atoms with Gasteiger partial charge in [0.2, 0.25) is 6.79 Å². The predicted octanol–water partition coefficient (Wildman–Crippen LogP) is 3.91. The van der Waals surface area contributed by atoms with Gasteiger partial charge in [-0.3, -0.25) is 9.20 Å². The van der Waals surface area contributed by atoms with Crippen LogP contribution in [0.25, 0.3) is 5.78 Å². The highest BCUT2D eigenvalue weighted by atomic mass is 32.2. The van der Waals surface area contributed by atoms with E-state index < -0.39 is 0 Å². The van der Waals surface area contributed by atoms with Crippen molar-refractivity contribution >= 4 is 23.3 Å². The van der Waals surface area contributed by atoms with Gasteiger partial charge < -0.3 is 14.0 Å². The van der Waals surface area contributed by atoms with Crippen LogP contribution in [0.5, 0.6) is 11.5 Å². The number of aromatic nitrogens is 5. The van der Waals surface area contributed by atoms with E-state index in [4.69, 9.17) is 9.47 Å². The largest absolute Gasteiger partial charge is 0.454 e. The first kappa shape index (κ1) is 20.6. The van der Waals surface area contributed by atoms with E-state index in [1.54, 1.807) is 0 Å². The fourth-order valence-corrected chi connectivity index (χ4v) is 4.92. The number of carbonyl (C=O) groups is 1. The van der Waals surface area contributed by atoms with Crippen LogP contribution in [-0.4, -0.2) is 42.5 Å². The Morgan fingerprint density at radius 2 is 1.84 bits per heavy atom. The zero-order valence-electron chi connectivity index (χ0n) is 18.4. The highest BCUT2D eigenvalue weighted by molar-refractivity contribution is 7.99. The number of ether oxygens (including phenoxy) is 2. The number of nitrogens with zero attached hydrogens (tertiary/aromatic N) is 5. The summed E-state index contributed by atoms with van der Waals surface area (Å²) in [4.78, 5) is 17.5. The molecular weight excluding hydrogens is 426 g/mol. The Kier molecular flexibility index (Phi) is 5.13. The van der Waals surface area contributed by atoms with Gasteiger partial charge in [-0.15, -0.1) is 10.2 Å². The Morgan fingerprint density at radius 1 is 1.03 bits per heavy atom. The third-order valence-corrected chi connectivity index (χ3v) is 6.58. The van der Waals surface area contributed by atoms with Gasteiger partial charge in [0, 0.05) is 34.9 Å². The van der Waals surface area contributed by atoms with E-state index >= 15 is 0 Å². The zero-order chi connectivity index (χ0) is 22.4. The summed E-state index contributed by atoms with van der Waals surface area (Å²) < 4.78 is 14.9. The quantitative estimate of drug-likeness (QED) is 0.326. The van der Waals surface area contributed by atoms with Gasteiger partial charge in [0.25, 0.3) is 5.78 Å². The number of ketones is 1. The Bertz CT molecular complexity index is 1360. The lowest BCUT2D eigenvalue weighted by molar-refractivity contribution is 0.102. The summed E-state index contributed by atoms with van der Waals surface area (Å²) in [6, 6.07) is 9.89. The molecule has 4 aromatic rings. The predicted molar refractivity (Wildman–Crippen MR) is 121 cm³/mol. The maximum Gasteiger partial charge on any atom is 0.256 e. The number of hydrogen-bond acceptors (Lipinski definition) is 7. The van der Waals surface area contributed by atoms with E-state index in [0.717, 1.165) is 45.4 Å². The minimum atomic E-state index is 0.0644. The maximum atomic E-state index is 13.1. The molecule has 5 rings (SSSR count). The van der Waals surface area contributed by atoms with Gasteiger partial charge in [-0.2, -0.15) is 0 Å².